The number of aromatic nitrogens is 3. The minimum atomic E-state index is -0.984. The molecule has 0 bridgehead atoms. The van der Waals surface area contributed by atoms with E-state index in [1.165, 1.54) is 11.9 Å². The van der Waals surface area contributed by atoms with E-state index in [0.717, 1.165) is 92.5 Å². The van der Waals surface area contributed by atoms with Crippen LogP contribution in [0.1, 0.15) is 105 Å². The molecule has 8 heterocycles. The van der Waals surface area contributed by atoms with Gasteiger partial charge in [0.25, 0.3) is 0 Å². The summed E-state index contributed by atoms with van der Waals surface area (Å²) in [6.07, 6.45) is 8.61. The molecule has 0 saturated carbocycles. The molecule has 530 valence electrons. The predicted molar refractivity (Wildman–Crippen MR) is 396 cm³/mol. The van der Waals surface area contributed by atoms with Gasteiger partial charge in [0.1, 0.15) is 22.6 Å². The lowest BCUT2D eigenvalue weighted by atomic mass is 9.98. The van der Waals surface area contributed by atoms with E-state index < -0.39 is 28.9 Å². The van der Waals surface area contributed by atoms with Crippen LogP contribution in [0.2, 0.25) is 0 Å². The van der Waals surface area contributed by atoms with E-state index in [4.69, 9.17) is 33.9 Å². The molecule has 3 fully saturated rings. The maximum absolute atomic E-state index is 13.6. The Balaban J connectivity index is 0.000000161. The summed E-state index contributed by atoms with van der Waals surface area (Å²) in [6, 6.07) is 40.0. The minimum Gasteiger partial charge on any atom is -0.478 e. The number of nitrogens with zero attached hydrogens (tertiary/aromatic N) is 8. The summed E-state index contributed by atoms with van der Waals surface area (Å²) in [5.74, 6) is -0.476. The lowest BCUT2D eigenvalue weighted by molar-refractivity contribution is 0.0230. The van der Waals surface area contributed by atoms with Crippen molar-refractivity contribution in [3.05, 3.63) is 193 Å². The van der Waals surface area contributed by atoms with Crippen LogP contribution in [0.15, 0.2) is 174 Å². The Morgan fingerprint density at radius 2 is 0.961 bits per heavy atom. The van der Waals surface area contributed by atoms with Crippen LogP contribution in [0.25, 0.3) is 55.2 Å². The van der Waals surface area contributed by atoms with Crippen molar-refractivity contribution in [3.63, 3.8) is 0 Å². The van der Waals surface area contributed by atoms with E-state index in [9.17, 15) is 28.8 Å². The van der Waals surface area contributed by atoms with Gasteiger partial charge in [-0.2, -0.15) is 0 Å². The van der Waals surface area contributed by atoms with Gasteiger partial charge < -0.3 is 63.7 Å². The average Bonchev–Trinajstić information content (AvgIpc) is 0.815. The van der Waals surface area contributed by atoms with E-state index in [2.05, 4.69) is 52.4 Å². The number of carbonyl (C=O) groups excluding carboxylic acids is 5. The number of pyridine rings is 3. The van der Waals surface area contributed by atoms with Crippen LogP contribution in [0.3, 0.4) is 0 Å². The zero-order valence-corrected chi connectivity index (χ0v) is 59.1. The maximum atomic E-state index is 13.6. The largest absolute Gasteiger partial charge is 0.478 e. The van der Waals surface area contributed by atoms with Crippen molar-refractivity contribution in [2.75, 3.05) is 104 Å². The fourth-order valence-corrected chi connectivity index (χ4v) is 12.0. The number of piperazine rings is 3. The molecule has 3 amide bonds. The molecule has 23 heteroatoms. The van der Waals surface area contributed by atoms with Gasteiger partial charge in [0.2, 0.25) is 0 Å². The van der Waals surface area contributed by atoms with E-state index >= 15 is 0 Å². The molecule has 23 nitrogen and oxygen atoms in total. The number of rotatable bonds is 13. The SMILES string of the molecule is CC(C)(C)OC(=O)N1CCN(c2ccc3cc(C(=O)O)cnc3c2)CC1.CC(C)(C)OC(=O)Nc1ccc(-c2ccco2)cc1CC(=O)c1cnc2cc(N3CCN(C(=O)OC(C)(C)C)CC3)ccc2c1.Nc1ccc(-c2ccoc2)cc1CC(=O)c1cnc2cc(N3CCNCC3)ccc2c1. The van der Waals surface area contributed by atoms with E-state index in [1.54, 1.807) is 80.0 Å². The third-order valence-electron chi connectivity index (χ3n) is 17.2. The standard InChI is InChI=1S/C35H40N4O6.C25H24N4O2.C19H23N3O4/c1-34(2,3)44-32(41)37-28-12-10-24(31-8-7-17-43-31)19-25(28)20-30(40)26-18-23-9-11-27(21-29(23)36-22-26)38-13-15-39(16-14-38)33(42)45-35(4,5)6;26-23-4-2-17(19-5-10-31-16-19)11-20(23)13-25(30)21-12-18-1-3-22(14-24(18)28-15-21)29-8-6-27-7-9-29;1-19(2,3)26-18(25)22-8-6-21(7-9-22)15-5-4-13-10-14(17(23)24)12-20-16(13)11-15/h7-12,17-19,21-22H,13-16,20H2,1-6H3,(H,37,41);1-5,10-12,14-16,27H,6-9,13,26H2;4-5,10-12H,6-9H2,1-3H3,(H,23,24). The van der Waals surface area contributed by atoms with Gasteiger partial charge in [-0.3, -0.25) is 29.9 Å². The molecule has 3 aliphatic heterocycles. The van der Waals surface area contributed by atoms with Crippen LogP contribution < -0.4 is 31.1 Å². The van der Waals surface area contributed by atoms with E-state index in [1.807, 2.05) is 139 Å². The number of nitrogens with two attached hydrogens (primary N) is 1. The van der Waals surface area contributed by atoms with Crippen LogP contribution in [0.5, 0.6) is 0 Å². The van der Waals surface area contributed by atoms with Crippen molar-refractivity contribution < 1.29 is 56.9 Å². The highest BCUT2D eigenvalue weighted by Crippen LogP contribution is 2.32. The summed E-state index contributed by atoms with van der Waals surface area (Å²) in [5, 5.41) is 17.8. The Morgan fingerprint density at radius 3 is 1.42 bits per heavy atom. The number of ether oxygens (including phenoxy) is 3. The number of benzene rings is 5. The first-order valence-corrected chi connectivity index (χ1v) is 34.1. The summed E-state index contributed by atoms with van der Waals surface area (Å²) in [5.41, 5.74) is 16.5. The summed E-state index contributed by atoms with van der Waals surface area (Å²) in [7, 11) is 0. The van der Waals surface area contributed by atoms with Gasteiger partial charge in [0, 0.05) is 177 Å². The van der Waals surface area contributed by atoms with Crippen LogP contribution >= 0.6 is 0 Å². The molecular formula is C79H87N11O12. The van der Waals surface area contributed by atoms with Gasteiger partial charge >= 0.3 is 24.2 Å². The summed E-state index contributed by atoms with van der Waals surface area (Å²) in [4.78, 5) is 98.4. The second kappa shape index (κ2) is 31.1. The molecule has 0 radical (unpaired) electrons. The van der Waals surface area contributed by atoms with Crippen LogP contribution in [-0.2, 0) is 27.1 Å². The molecule has 0 spiro atoms. The zero-order chi connectivity index (χ0) is 72.5. The summed E-state index contributed by atoms with van der Waals surface area (Å²) < 4.78 is 27.1. The first-order chi connectivity index (χ1) is 48.6. The topological polar surface area (TPSA) is 282 Å². The number of nitrogens with one attached hydrogen (secondary N) is 2. The molecule has 0 unspecified atom stereocenters. The smallest absolute Gasteiger partial charge is 0.412 e. The number of furan rings is 2. The fraction of sp³-hybridized carbons (Fsp3) is 0.329. The third-order valence-corrected chi connectivity index (χ3v) is 17.2. The number of nitrogen functional groups attached to an aromatic ring is 1. The number of hydrogen-bond donors (Lipinski definition) is 4. The number of fused-ring (bicyclic) bond motifs is 3. The Morgan fingerprint density at radius 1 is 0.500 bits per heavy atom. The number of Topliss-reactive ketones (excluding diaryl/α,β-unsaturated/α-hetero) is 2. The molecule has 10 aromatic rings. The average molecular weight is 1380 g/mol. The Labute approximate surface area is 592 Å². The van der Waals surface area contributed by atoms with Crippen LogP contribution in [0, 0.1) is 0 Å². The number of carboxylic acid groups (broad SMARTS) is 1. The van der Waals surface area contributed by atoms with E-state index in [-0.39, 0.29) is 42.2 Å². The Hall–Kier alpha value is -11.3. The number of aromatic carboxylic acids is 1. The highest BCUT2D eigenvalue weighted by Gasteiger charge is 2.29. The number of hydrogen-bond acceptors (Lipinski definition) is 19. The lowest BCUT2D eigenvalue weighted by Gasteiger charge is -2.36. The number of anilines is 5. The maximum Gasteiger partial charge on any atom is 0.412 e. The van der Waals surface area contributed by atoms with Crippen LogP contribution in [0.4, 0.5) is 42.8 Å². The van der Waals surface area contributed by atoms with Crippen molar-refractivity contribution in [1.29, 1.82) is 0 Å². The van der Waals surface area contributed by atoms with Gasteiger partial charge in [0.05, 0.1) is 40.9 Å². The minimum absolute atomic E-state index is 0.00312. The molecular weight excluding hydrogens is 1290 g/mol. The van der Waals surface area contributed by atoms with Crippen LogP contribution in [-0.4, -0.2) is 161 Å². The van der Waals surface area contributed by atoms with Crippen molar-refractivity contribution in [3.8, 4) is 22.5 Å². The Kier molecular flexibility index (Phi) is 21.9. The number of amides is 3. The summed E-state index contributed by atoms with van der Waals surface area (Å²) in [6.45, 7) is 25.6. The summed E-state index contributed by atoms with van der Waals surface area (Å²) >= 11 is 0. The number of ketones is 2. The fourth-order valence-electron chi connectivity index (χ4n) is 12.0. The van der Waals surface area contributed by atoms with E-state index in [0.29, 0.717) is 86.2 Å². The van der Waals surface area contributed by atoms with Crippen molar-refractivity contribution in [1.82, 2.24) is 30.1 Å². The highest BCUT2D eigenvalue weighted by atomic mass is 16.6. The van der Waals surface area contributed by atoms with Crippen molar-refractivity contribution in [2.45, 2.75) is 92.0 Å². The second-order valence-corrected chi connectivity index (χ2v) is 28.4. The number of carbonyl (C=O) groups is 6. The van der Waals surface area contributed by atoms with Gasteiger partial charge in [-0.1, -0.05) is 24.3 Å². The normalized spacial score (nSPS) is 14.3. The monoisotopic (exact) mass is 1380 g/mol. The van der Waals surface area contributed by atoms with Gasteiger partial charge in [0.15, 0.2) is 11.6 Å². The highest BCUT2D eigenvalue weighted by molar-refractivity contribution is 6.03. The Bertz CT molecular complexity index is 4670. The molecule has 5 N–H and O–H groups in total. The predicted octanol–water partition coefficient (Wildman–Crippen LogP) is 14.2. The molecule has 102 heavy (non-hydrogen) atoms. The third kappa shape index (κ3) is 18.9. The molecule has 0 aliphatic carbocycles. The lowest BCUT2D eigenvalue weighted by Crippen LogP contribution is -2.50. The van der Waals surface area contributed by atoms with Gasteiger partial charge in [-0.15, -0.1) is 0 Å². The molecule has 0 atom stereocenters. The molecule has 5 aromatic heterocycles. The van der Waals surface area contributed by atoms with Gasteiger partial charge in [-0.05, 0) is 182 Å². The van der Waals surface area contributed by atoms with Gasteiger partial charge in [-0.25, -0.2) is 19.2 Å². The molecule has 3 saturated heterocycles. The molecule has 3 aliphatic rings. The van der Waals surface area contributed by atoms with Crippen molar-refractivity contribution in [2.24, 2.45) is 0 Å². The second-order valence-electron chi connectivity index (χ2n) is 28.4. The molecule has 5 aromatic carbocycles. The zero-order valence-electron chi connectivity index (χ0n) is 59.1. The first-order valence-electron chi connectivity index (χ1n) is 34.1. The molecule has 13 rings (SSSR count). The van der Waals surface area contributed by atoms with Crippen molar-refractivity contribution >= 4 is 97.0 Å². The first kappa shape index (κ1) is 71.9. The quantitative estimate of drug-likeness (QED) is 0.0474. The number of carboxylic acids is 1.